The molecule has 62 heavy (non-hydrogen) atoms. The first-order chi connectivity index (χ1) is 29.4. The van der Waals surface area contributed by atoms with Gasteiger partial charge in [0, 0.05) is 37.2 Å². The van der Waals surface area contributed by atoms with Crippen molar-refractivity contribution in [2.45, 2.75) is 63.8 Å². The van der Waals surface area contributed by atoms with E-state index in [0.717, 1.165) is 27.3 Å². The zero-order valence-electron chi connectivity index (χ0n) is 34.8. The number of aromatic hydroxyl groups is 2. The largest absolute Gasteiger partial charge is 0.507 e. The van der Waals surface area contributed by atoms with Gasteiger partial charge in [-0.1, -0.05) is 55.5 Å². The minimum Gasteiger partial charge on any atom is -0.507 e. The molecule has 6 amide bonds. The van der Waals surface area contributed by atoms with E-state index >= 15 is 0 Å². The van der Waals surface area contributed by atoms with Crippen molar-refractivity contribution in [2.24, 2.45) is 0 Å². The van der Waals surface area contributed by atoms with E-state index in [-0.39, 0.29) is 40.2 Å². The quantitative estimate of drug-likeness (QED) is 0.102. The normalized spacial score (nSPS) is 17.2. The van der Waals surface area contributed by atoms with Crippen LogP contribution in [0.15, 0.2) is 84.9 Å². The Morgan fingerprint density at radius 3 is 2.00 bits per heavy atom. The number of fused-ring (bicyclic) bond motifs is 5. The number of hydrogen-bond acceptors (Lipinski definition) is 10. The van der Waals surface area contributed by atoms with Gasteiger partial charge in [0.1, 0.15) is 41.7 Å². The number of carbonyl (C=O) groups is 7. The van der Waals surface area contributed by atoms with Crippen molar-refractivity contribution in [3.63, 3.8) is 0 Å². The lowest BCUT2D eigenvalue weighted by Gasteiger charge is -2.30. The van der Waals surface area contributed by atoms with Gasteiger partial charge in [-0.25, -0.2) is 4.79 Å². The molecule has 0 aliphatic carbocycles. The van der Waals surface area contributed by atoms with E-state index in [1.807, 2.05) is 24.3 Å². The Kier molecular flexibility index (Phi) is 14.7. The van der Waals surface area contributed by atoms with E-state index in [0.29, 0.717) is 5.56 Å². The van der Waals surface area contributed by atoms with Crippen LogP contribution < -0.4 is 21.3 Å². The van der Waals surface area contributed by atoms with Gasteiger partial charge in [0.15, 0.2) is 0 Å². The Balaban J connectivity index is 1.27. The maximum absolute atomic E-state index is 13.9. The predicted octanol–water partition coefficient (Wildman–Crippen LogP) is 1.88. The summed E-state index contributed by atoms with van der Waals surface area (Å²) in [7, 11) is 2.61. The summed E-state index contributed by atoms with van der Waals surface area (Å²) in [6.07, 6.45) is 0.717. The molecule has 17 nitrogen and oxygen atoms in total. The smallest absolute Gasteiger partial charge is 0.326 e. The van der Waals surface area contributed by atoms with Crippen LogP contribution in [-0.2, 0) is 41.6 Å². The van der Waals surface area contributed by atoms with Crippen LogP contribution >= 0.6 is 0 Å². The molecule has 1 heterocycles. The Labute approximate surface area is 357 Å². The zero-order valence-corrected chi connectivity index (χ0v) is 34.8. The molecule has 4 bridgehead atoms. The topological polar surface area (TPSA) is 255 Å². The van der Waals surface area contributed by atoms with Gasteiger partial charge >= 0.3 is 5.97 Å². The molecule has 0 fully saturated rings. The van der Waals surface area contributed by atoms with Gasteiger partial charge in [0.25, 0.3) is 5.91 Å². The van der Waals surface area contributed by atoms with E-state index in [1.165, 1.54) is 69.9 Å². The Hall–Kier alpha value is -7.27. The van der Waals surface area contributed by atoms with Crippen molar-refractivity contribution in [3.8, 4) is 33.8 Å². The van der Waals surface area contributed by atoms with Crippen molar-refractivity contribution < 1.29 is 54.0 Å². The SMILES string of the molecule is CCc1ccc(-c2ccc(C(=O)N(C)[C@H](CO)C(=O)N[C@H](C)C(=O)NCC(=O)N(C)[C@@H]3C(=O)N[C@@H](C)C(=O)N[C@H](C(=O)O)Cc4ccc(O)c(c4)-c4cc3ccc4O)cc2)cc1. The number of rotatable bonds is 12. The fourth-order valence-electron chi connectivity index (χ4n) is 6.93. The van der Waals surface area contributed by atoms with E-state index < -0.39 is 84.8 Å². The van der Waals surface area contributed by atoms with Crippen LogP contribution in [-0.4, -0.2) is 123 Å². The molecule has 0 aromatic heterocycles. The second-order valence-corrected chi connectivity index (χ2v) is 15.1. The van der Waals surface area contributed by atoms with Crippen LogP contribution in [0.5, 0.6) is 11.5 Å². The van der Waals surface area contributed by atoms with Gasteiger partial charge < -0.3 is 51.5 Å². The Morgan fingerprint density at radius 1 is 0.806 bits per heavy atom. The lowest BCUT2D eigenvalue weighted by molar-refractivity contribution is -0.143. The number of aliphatic hydroxyl groups is 1. The predicted molar refractivity (Wildman–Crippen MR) is 226 cm³/mol. The van der Waals surface area contributed by atoms with Crippen LogP contribution in [0.25, 0.3) is 22.3 Å². The molecule has 4 aromatic carbocycles. The number of aliphatic carboxylic acids is 1. The Bertz CT molecular complexity index is 2350. The summed E-state index contributed by atoms with van der Waals surface area (Å²) >= 11 is 0. The summed E-state index contributed by atoms with van der Waals surface area (Å²) in [6, 6.07) is 16.2. The first-order valence-electron chi connectivity index (χ1n) is 19.8. The number of likely N-dealkylation sites (N-methyl/N-ethyl adjacent to an activating group) is 2. The number of phenolic OH excluding ortho intramolecular Hbond substituents is 2. The summed E-state index contributed by atoms with van der Waals surface area (Å²) in [5.41, 5.74) is 3.99. The first-order valence-corrected chi connectivity index (χ1v) is 19.8. The summed E-state index contributed by atoms with van der Waals surface area (Å²) in [6.45, 7) is 3.28. The van der Waals surface area contributed by atoms with Gasteiger partial charge in [-0.2, -0.15) is 0 Å². The van der Waals surface area contributed by atoms with Crippen LogP contribution in [0.4, 0.5) is 0 Å². The van der Waals surface area contributed by atoms with E-state index in [1.54, 1.807) is 24.3 Å². The van der Waals surface area contributed by atoms with Crippen molar-refractivity contribution in [1.29, 1.82) is 0 Å². The molecule has 0 radical (unpaired) electrons. The van der Waals surface area contributed by atoms with Crippen LogP contribution in [0.2, 0.25) is 0 Å². The van der Waals surface area contributed by atoms with Crippen molar-refractivity contribution >= 4 is 41.4 Å². The molecule has 0 unspecified atom stereocenters. The number of hydrogen-bond donors (Lipinski definition) is 8. The lowest BCUT2D eigenvalue weighted by Crippen LogP contribution is -2.55. The van der Waals surface area contributed by atoms with Gasteiger partial charge in [0.2, 0.25) is 29.5 Å². The monoisotopic (exact) mass is 850 g/mol. The molecule has 0 saturated heterocycles. The van der Waals surface area contributed by atoms with Crippen LogP contribution in [0, 0.1) is 0 Å². The first kappa shape index (κ1) is 45.8. The fraction of sp³-hybridized carbons (Fsp3) is 0.311. The van der Waals surface area contributed by atoms with E-state index in [4.69, 9.17) is 0 Å². The number of carbonyl (C=O) groups excluding carboxylic acids is 6. The highest BCUT2D eigenvalue weighted by atomic mass is 16.4. The number of aliphatic hydroxyl groups excluding tert-OH is 1. The van der Waals surface area contributed by atoms with Gasteiger partial charge in [-0.15, -0.1) is 0 Å². The summed E-state index contributed by atoms with van der Waals surface area (Å²) < 4.78 is 0. The highest BCUT2D eigenvalue weighted by Gasteiger charge is 2.34. The number of phenols is 2. The Morgan fingerprint density at radius 2 is 1.40 bits per heavy atom. The third-order valence-corrected chi connectivity index (χ3v) is 10.8. The van der Waals surface area contributed by atoms with Crippen molar-refractivity contribution in [3.05, 3.63) is 107 Å². The molecule has 0 saturated carbocycles. The number of benzene rings is 4. The zero-order chi connectivity index (χ0) is 45.4. The van der Waals surface area contributed by atoms with Gasteiger partial charge in [0.05, 0.1) is 13.2 Å². The number of nitrogens with one attached hydrogen (secondary N) is 4. The molecular weight excluding hydrogens is 801 g/mol. The number of aryl methyl sites for hydroxylation is 1. The molecule has 5 rings (SSSR count). The molecule has 5 atom stereocenters. The second-order valence-electron chi connectivity index (χ2n) is 15.1. The average molecular weight is 851 g/mol. The second kappa shape index (κ2) is 19.9. The molecule has 8 N–H and O–H groups in total. The highest BCUT2D eigenvalue weighted by molar-refractivity contribution is 5.99. The third kappa shape index (κ3) is 10.5. The number of carboxylic acids is 1. The molecule has 1 aliphatic heterocycles. The lowest BCUT2D eigenvalue weighted by atomic mass is 9.94. The van der Waals surface area contributed by atoms with Crippen LogP contribution in [0.3, 0.4) is 0 Å². The van der Waals surface area contributed by atoms with Gasteiger partial charge in [-0.3, -0.25) is 28.8 Å². The standard InChI is InChI=1S/C45H50N6O11/c1-6-26-7-10-28(11-8-26)29-12-14-30(15-13-29)44(60)50(4)35(23-52)42(58)47-24(2)40(56)46-22-38(55)51(5)39-31-16-18-37(54)33(21-31)32-19-27(9-17-36(32)53)20-34(45(61)62)49-41(57)25(3)48-43(39)59/h7-19,21,24-25,34-35,39,52-54H,6,20,22-23H2,1-5H3,(H,46,56)(H,47,58)(H,48,59)(H,49,57)(H,61,62)/t24-,25+,34+,35-,39+/m1/s1. The average Bonchev–Trinajstić information content (AvgIpc) is 3.25. The van der Waals surface area contributed by atoms with E-state index in [9.17, 15) is 54.0 Å². The fourth-order valence-corrected chi connectivity index (χ4v) is 6.93. The number of amides is 6. The summed E-state index contributed by atoms with van der Waals surface area (Å²) in [5.74, 6) is -6.65. The highest BCUT2D eigenvalue weighted by Crippen LogP contribution is 2.38. The summed E-state index contributed by atoms with van der Waals surface area (Å²) in [4.78, 5) is 94.5. The molecular formula is C45H50N6O11. The minimum atomic E-state index is -1.49. The maximum Gasteiger partial charge on any atom is 0.326 e. The molecule has 4 aromatic rings. The number of nitrogens with zero attached hydrogens (tertiary/aromatic N) is 2. The minimum absolute atomic E-state index is 0.0549. The summed E-state index contributed by atoms with van der Waals surface area (Å²) in [5, 5.41) is 51.3. The molecule has 17 heteroatoms. The molecule has 0 spiro atoms. The third-order valence-electron chi connectivity index (χ3n) is 10.8. The molecule has 326 valence electrons. The van der Waals surface area contributed by atoms with E-state index in [2.05, 4.69) is 28.2 Å². The van der Waals surface area contributed by atoms with Crippen molar-refractivity contribution in [2.75, 3.05) is 27.2 Å². The van der Waals surface area contributed by atoms with Crippen molar-refractivity contribution in [1.82, 2.24) is 31.1 Å². The maximum atomic E-state index is 13.9. The molecule has 1 aliphatic rings. The van der Waals surface area contributed by atoms with Gasteiger partial charge in [-0.05, 0) is 84.5 Å². The van der Waals surface area contributed by atoms with Crippen LogP contribution in [0.1, 0.15) is 53.9 Å². The number of carboxylic acid groups (broad SMARTS) is 1.